The minimum Gasteiger partial charge on any atom is -0.455 e. The van der Waals surface area contributed by atoms with Crippen molar-refractivity contribution in [2.45, 2.75) is 19.3 Å². The van der Waals surface area contributed by atoms with E-state index in [1.165, 1.54) is 104 Å². The highest BCUT2D eigenvalue weighted by molar-refractivity contribution is 6.23. The average molecular weight is 713 g/mol. The van der Waals surface area contributed by atoms with Crippen molar-refractivity contribution >= 4 is 65.0 Å². The van der Waals surface area contributed by atoms with Gasteiger partial charge in [-0.2, -0.15) is 0 Å². The molecule has 10 aromatic carbocycles. The van der Waals surface area contributed by atoms with Crippen LogP contribution < -0.4 is 0 Å². The second kappa shape index (κ2) is 11.5. The van der Waals surface area contributed by atoms with Gasteiger partial charge in [0.15, 0.2) is 0 Å². The predicted octanol–water partition coefficient (Wildman–Crippen LogP) is 15.5. The van der Waals surface area contributed by atoms with Crippen LogP contribution in [-0.4, -0.2) is 0 Å². The zero-order valence-electron chi connectivity index (χ0n) is 31.2. The van der Waals surface area contributed by atoms with E-state index in [0.29, 0.717) is 0 Å². The number of fused-ring (bicyclic) bond motifs is 11. The van der Waals surface area contributed by atoms with Crippen LogP contribution in [0.1, 0.15) is 25.0 Å². The van der Waals surface area contributed by atoms with Crippen LogP contribution >= 0.6 is 0 Å². The fraction of sp³-hybridized carbons (Fsp3) is 0.0545. The summed E-state index contributed by atoms with van der Waals surface area (Å²) in [4.78, 5) is 0. The van der Waals surface area contributed by atoms with Crippen LogP contribution in [0.2, 0.25) is 0 Å². The highest BCUT2D eigenvalue weighted by Gasteiger charge is 2.36. The number of rotatable bonds is 3. The molecule has 0 radical (unpaired) electrons. The molecule has 1 aromatic heterocycles. The molecule has 0 N–H and O–H groups in total. The Labute approximate surface area is 325 Å². The minimum absolute atomic E-state index is 0.170. The first-order chi connectivity index (χ1) is 27.5. The van der Waals surface area contributed by atoms with Crippen LogP contribution in [0.25, 0.3) is 110 Å². The summed E-state index contributed by atoms with van der Waals surface area (Å²) in [6, 6.07) is 67.2. The Bertz CT molecular complexity index is 3390. The predicted molar refractivity (Wildman–Crippen MR) is 238 cm³/mol. The molecule has 0 bridgehead atoms. The summed E-state index contributed by atoms with van der Waals surface area (Å²) in [6.07, 6.45) is 0. The second-order valence-corrected chi connectivity index (χ2v) is 16.0. The van der Waals surface area contributed by atoms with E-state index in [2.05, 4.69) is 196 Å². The molecule has 12 rings (SSSR count). The Morgan fingerprint density at radius 3 is 1.66 bits per heavy atom. The molecule has 0 atom stereocenters. The maximum atomic E-state index is 6.63. The molecule has 1 nitrogen and oxygen atoms in total. The molecule has 0 aliphatic heterocycles. The number of furan rings is 1. The lowest BCUT2D eigenvalue weighted by atomic mass is 9.81. The van der Waals surface area contributed by atoms with Gasteiger partial charge in [-0.3, -0.25) is 0 Å². The lowest BCUT2D eigenvalue weighted by Crippen LogP contribution is -2.15. The van der Waals surface area contributed by atoms with Gasteiger partial charge >= 0.3 is 0 Å². The molecule has 262 valence electrons. The van der Waals surface area contributed by atoms with Crippen LogP contribution in [-0.2, 0) is 5.41 Å². The lowest BCUT2D eigenvalue weighted by Gasteiger charge is -2.22. The van der Waals surface area contributed by atoms with Gasteiger partial charge in [0.25, 0.3) is 0 Å². The summed E-state index contributed by atoms with van der Waals surface area (Å²) in [7, 11) is 0. The van der Waals surface area contributed by atoms with Crippen LogP contribution in [0, 0.1) is 0 Å². The van der Waals surface area contributed by atoms with E-state index in [4.69, 9.17) is 4.42 Å². The Kier molecular flexibility index (Phi) is 6.46. The van der Waals surface area contributed by atoms with Gasteiger partial charge in [-0.15, -0.1) is 0 Å². The molecule has 0 saturated carbocycles. The topological polar surface area (TPSA) is 13.1 Å². The van der Waals surface area contributed by atoms with Gasteiger partial charge in [-0.1, -0.05) is 166 Å². The van der Waals surface area contributed by atoms with Gasteiger partial charge in [0.2, 0.25) is 0 Å². The van der Waals surface area contributed by atoms with Crippen molar-refractivity contribution in [1.82, 2.24) is 0 Å². The molecule has 0 saturated heterocycles. The van der Waals surface area contributed by atoms with Crippen molar-refractivity contribution in [2.24, 2.45) is 0 Å². The fourth-order valence-corrected chi connectivity index (χ4v) is 9.94. The largest absolute Gasteiger partial charge is 0.455 e. The summed E-state index contributed by atoms with van der Waals surface area (Å²) in [6.45, 7) is 4.74. The van der Waals surface area contributed by atoms with Crippen molar-refractivity contribution in [1.29, 1.82) is 0 Å². The first-order valence-corrected chi connectivity index (χ1v) is 19.6. The molecule has 0 fully saturated rings. The van der Waals surface area contributed by atoms with Crippen molar-refractivity contribution < 1.29 is 4.42 Å². The minimum atomic E-state index is -0.170. The van der Waals surface area contributed by atoms with Gasteiger partial charge in [0.05, 0.1) is 0 Å². The molecular formula is C55H36O. The summed E-state index contributed by atoms with van der Waals surface area (Å²) >= 11 is 0. The smallest absolute Gasteiger partial charge is 0.143 e. The molecule has 0 amide bonds. The van der Waals surface area contributed by atoms with Crippen molar-refractivity contribution in [2.75, 3.05) is 0 Å². The molecule has 0 spiro atoms. The van der Waals surface area contributed by atoms with E-state index >= 15 is 0 Å². The molecular weight excluding hydrogens is 677 g/mol. The third-order valence-corrected chi connectivity index (χ3v) is 12.6. The van der Waals surface area contributed by atoms with E-state index in [1.807, 2.05) is 0 Å². The van der Waals surface area contributed by atoms with Gasteiger partial charge in [0.1, 0.15) is 11.2 Å². The Hall–Kier alpha value is -6.96. The van der Waals surface area contributed by atoms with Crippen molar-refractivity contribution in [3.63, 3.8) is 0 Å². The van der Waals surface area contributed by atoms with E-state index in [-0.39, 0.29) is 5.41 Å². The maximum Gasteiger partial charge on any atom is 0.143 e. The summed E-state index contributed by atoms with van der Waals surface area (Å²) < 4.78 is 6.63. The SMILES string of the molecule is CC1(C)c2cc(-c3cccc(-c4c5ccccc5c(-c5cccc6ccccc56)c5ccccc45)c3)ccc2-c2cc3oc4c5ccccc5ccc4c3cc21. The monoisotopic (exact) mass is 712 g/mol. The van der Waals surface area contributed by atoms with Crippen LogP contribution in [0.4, 0.5) is 0 Å². The molecule has 11 aromatic rings. The second-order valence-electron chi connectivity index (χ2n) is 16.0. The third kappa shape index (κ3) is 4.37. The van der Waals surface area contributed by atoms with Crippen LogP contribution in [0.5, 0.6) is 0 Å². The molecule has 1 heteroatoms. The number of benzene rings is 10. The molecule has 1 aliphatic carbocycles. The molecule has 56 heavy (non-hydrogen) atoms. The van der Waals surface area contributed by atoms with E-state index in [1.54, 1.807) is 0 Å². The van der Waals surface area contributed by atoms with Gasteiger partial charge in [-0.25, -0.2) is 0 Å². The first-order valence-electron chi connectivity index (χ1n) is 19.6. The standard InChI is InChI=1S/C55H36O/c1-55(2)49-30-36(26-27-40(49)47-32-51-48(31-50(47)55)46-28-25-34-14-4-6-19-39(34)54(46)56-51)35-16-11-17-37(29-35)52-42-20-7-9-22-44(42)53(45-23-10-8-21-43(45)52)41-24-12-15-33-13-3-5-18-38(33)41/h3-32H,1-2H3. The molecule has 1 heterocycles. The zero-order valence-corrected chi connectivity index (χ0v) is 31.2. The van der Waals surface area contributed by atoms with E-state index < -0.39 is 0 Å². The number of hydrogen-bond donors (Lipinski definition) is 0. The van der Waals surface area contributed by atoms with Gasteiger partial charge in [-0.05, 0) is 124 Å². The number of hydrogen-bond acceptors (Lipinski definition) is 1. The quantitative estimate of drug-likeness (QED) is 0.166. The van der Waals surface area contributed by atoms with Gasteiger partial charge < -0.3 is 4.42 Å². The van der Waals surface area contributed by atoms with E-state index in [9.17, 15) is 0 Å². The normalized spacial score (nSPS) is 13.3. The highest BCUT2D eigenvalue weighted by Crippen LogP contribution is 2.52. The van der Waals surface area contributed by atoms with E-state index in [0.717, 1.165) is 16.6 Å². The molecule has 0 unspecified atom stereocenters. The highest BCUT2D eigenvalue weighted by atomic mass is 16.3. The average Bonchev–Trinajstić information content (AvgIpc) is 3.73. The summed E-state index contributed by atoms with van der Waals surface area (Å²) in [5.41, 5.74) is 14.5. The maximum absolute atomic E-state index is 6.63. The lowest BCUT2D eigenvalue weighted by molar-refractivity contribution is 0.658. The first kappa shape index (κ1) is 31.4. The Balaban J connectivity index is 1.01. The van der Waals surface area contributed by atoms with Crippen LogP contribution in [0.15, 0.2) is 186 Å². The fourth-order valence-electron chi connectivity index (χ4n) is 9.94. The molecule has 1 aliphatic rings. The van der Waals surface area contributed by atoms with Crippen molar-refractivity contribution in [3.8, 4) is 44.5 Å². The third-order valence-electron chi connectivity index (χ3n) is 12.6. The Morgan fingerprint density at radius 2 is 0.911 bits per heavy atom. The van der Waals surface area contributed by atoms with Crippen LogP contribution in [0.3, 0.4) is 0 Å². The summed E-state index contributed by atoms with van der Waals surface area (Å²) in [5, 5.41) is 12.3. The summed E-state index contributed by atoms with van der Waals surface area (Å²) in [5.74, 6) is 0. The Morgan fingerprint density at radius 1 is 0.339 bits per heavy atom. The zero-order chi connectivity index (χ0) is 37.1. The van der Waals surface area contributed by atoms with Gasteiger partial charge in [0, 0.05) is 21.6 Å². The van der Waals surface area contributed by atoms with Crippen molar-refractivity contribution in [3.05, 3.63) is 193 Å².